The normalized spacial score (nSPS) is 12.3. The highest BCUT2D eigenvalue weighted by atomic mass is 16.4. The second kappa shape index (κ2) is 4.87. The number of carboxylic acids is 1. The lowest BCUT2D eigenvalue weighted by Gasteiger charge is -2.15. The van der Waals surface area contributed by atoms with Crippen LogP contribution in [0.3, 0.4) is 0 Å². The zero-order valence-corrected chi connectivity index (χ0v) is 9.71. The predicted molar refractivity (Wildman–Crippen MR) is 66.2 cm³/mol. The second-order valence-corrected chi connectivity index (χ2v) is 4.14. The van der Waals surface area contributed by atoms with Gasteiger partial charge in [-0.2, -0.15) is 0 Å². The van der Waals surface area contributed by atoms with Gasteiger partial charge in [0, 0.05) is 12.2 Å². The number of benzene rings is 1. The van der Waals surface area contributed by atoms with Crippen LogP contribution in [-0.4, -0.2) is 15.6 Å². The molecule has 1 heterocycles. The number of carbonyl (C=O) groups is 1. The molecule has 88 valence electrons. The first kappa shape index (κ1) is 11.5. The molecule has 1 aromatic heterocycles. The van der Waals surface area contributed by atoms with Gasteiger partial charge >= 0.3 is 5.97 Å². The number of rotatable bonds is 4. The van der Waals surface area contributed by atoms with Crippen LogP contribution in [0.4, 0.5) is 0 Å². The van der Waals surface area contributed by atoms with E-state index in [9.17, 15) is 4.79 Å². The quantitative estimate of drug-likeness (QED) is 0.875. The molecule has 2 rings (SSSR count). The molecule has 3 nitrogen and oxygen atoms in total. The first-order valence-electron chi connectivity index (χ1n) is 5.62. The SMILES string of the molecule is C[C@H](Cc1ccccc1)n1cccc1C(=O)O. The Bertz CT molecular complexity index is 502. The zero-order valence-electron chi connectivity index (χ0n) is 9.71. The van der Waals surface area contributed by atoms with Crippen molar-refractivity contribution in [1.82, 2.24) is 4.57 Å². The summed E-state index contributed by atoms with van der Waals surface area (Å²) in [4.78, 5) is 11.0. The molecule has 0 radical (unpaired) electrons. The van der Waals surface area contributed by atoms with Crippen molar-refractivity contribution in [1.29, 1.82) is 0 Å². The summed E-state index contributed by atoms with van der Waals surface area (Å²) in [6.07, 6.45) is 2.65. The fraction of sp³-hybridized carbons (Fsp3) is 0.214. The molecule has 1 N–H and O–H groups in total. The Kier molecular flexibility index (Phi) is 3.28. The number of hydrogen-bond acceptors (Lipinski definition) is 1. The average Bonchev–Trinajstić information content (AvgIpc) is 2.79. The van der Waals surface area contributed by atoms with Gasteiger partial charge in [-0.15, -0.1) is 0 Å². The lowest BCUT2D eigenvalue weighted by molar-refractivity contribution is 0.0683. The minimum absolute atomic E-state index is 0.137. The van der Waals surface area contributed by atoms with Crippen LogP contribution in [0.5, 0.6) is 0 Å². The maximum Gasteiger partial charge on any atom is 0.352 e. The van der Waals surface area contributed by atoms with E-state index in [0.29, 0.717) is 5.69 Å². The first-order chi connectivity index (χ1) is 8.18. The third-order valence-corrected chi connectivity index (χ3v) is 2.85. The molecule has 3 heteroatoms. The molecule has 0 unspecified atom stereocenters. The number of aromatic nitrogens is 1. The van der Waals surface area contributed by atoms with E-state index in [0.717, 1.165) is 6.42 Å². The molecule has 1 atom stereocenters. The summed E-state index contributed by atoms with van der Waals surface area (Å²) in [6, 6.07) is 13.6. The van der Waals surface area contributed by atoms with Gasteiger partial charge in [0.2, 0.25) is 0 Å². The predicted octanol–water partition coefficient (Wildman–Crippen LogP) is 2.99. The van der Waals surface area contributed by atoms with Gasteiger partial charge in [0.25, 0.3) is 0 Å². The van der Waals surface area contributed by atoms with Gasteiger partial charge in [0.15, 0.2) is 0 Å². The van der Waals surface area contributed by atoms with E-state index in [1.54, 1.807) is 16.7 Å². The Morgan fingerprint density at radius 2 is 1.94 bits per heavy atom. The van der Waals surface area contributed by atoms with Crippen molar-refractivity contribution in [2.24, 2.45) is 0 Å². The highest BCUT2D eigenvalue weighted by Gasteiger charge is 2.13. The summed E-state index contributed by atoms with van der Waals surface area (Å²) in [5.74, 6) is -0.880. The summed E-state index contributed by atoms with van der Waals surface area (Å²) in [5, 5.41) is 9.05. The number of nitrogens with zero attached hydrogens (tertiary/aromatic N) is 1. The molecule has 0 aliphatic carbocycles. The molecule has 0 aliphatic heterocycles. The van der Waals surface area contributed by atoms with Crippen LogP contribution in [0.2, 0.25) is 0 Å². The topological polar surface area (TPSA) is 42.2 Å². The summed E-state index contributed by atoms with van der Waals surface area (Å²) < 4.78 is 1.80. The van der Waals surface area contributed by atoms with Crippen LogP contribution in [0, 0.1) is 0 Å². The number of aromatic carboxylic acids is 1. The second-order valence-electron chi connectivity index (χ2n) is 4.14. The minimum Gasteiger partial charge on any atom is -0.477 e. The molecule has 0 fully saturated rings. The van der Waals surface area contributed by atoms with Crippen molar-refractivity contribution in [2.45, 2.75) is 19.4 Å². The van der Waals surface area contributed by atoms with E-state index < -0.39 is 5.97 Å². The molecule has 17 heavy (non-hydrogen) atoms. The largest absolute Gasteiger partial charge is 0.477 e. The van der Waals surface area contributed by atoms with E-state index in [2.05, 4.69) is 12.1 Å². The van der Waals surface area contributed by atoms with E-state index in [-0.39, 0.29) is 6.04 Å². The fourth-order valence-electron chi connectivity index (χ4n) is 2.01. The number of carboxylic acid groups (broad SMARTS) is 1. The van der Waals surface area contributed by atoms with Crippen LogP contribution >= 0.6 is 0 Å². The van der Waals surface area contributed by atoms with Gasteiger partial charge in [-0.1, -0.05) is 30.3 Å². The van der Waals surface area contributed by atoms with Gasteiger partial charge in [-0.25, -0.2) is 4.79 Å². The van der Waals surface area contributed by atoms with Crippen molar-refractivity contribution in [3.05, 3.63) is 59.9 Å². The van der Waals surface area contributed by atoms with Crippen LogP contribution < -0.4 is 0 Å². The molecular weight excluding hydrogens is 214 g/mol. The Morgan fingerprint density at radius 3 is 2.59 bits per heavy atom. The van der Waals surface area contributed by atoms with Crippen LogP contribution in [0.15, 0.2) is 48.7 Å². The molecule has 0 bridgehead atoms. The lowest BCUT2D eigenvalue weighted by Crippen LogP contribution is -2.13. The zero-order chi connectivity index (χ0) is 12.3. The smallest absolute Gasteiger partial charge is 0.352 e. The molecule has 0 aliphatic rings. The Hall–Kier alpha value is -2.03. The highest BCUT2D eigenvalue weighted by molar-refractivity contribution is 5.85. The standard InChI is InChI=1S/C14H15NO2/c1-11(10-12-6-3-2-4-7-12)15-9-5-8-13(15)14(16)17/h2-9,11H,10H2,1H3,(H,16,17)/t11-/m1/s1. The van der Waals surface area contributed by atoms with Crippen LogP contribution in [-0.2, 0) is 6.42 Å². The van der Waals surface area contributed by atoms with Crippen molar-refractivity contribution in [3.8, 4) is 0 Å². The highest BCUT2D eigenvalue weighted by Crippen LogP contribution is 2.16. The Morgan fingerprint density at radius 1 is 1.24 bits per heavy atom. The Labute approximate surface area is 100 Å². The maximum absolute atomic E-state index is 11.0. The van der Waals surface area contributed by atoms with E-state index in [1.807, 2.05) is 31.3 Å². The van der Waals surface area contributed by atoms with E-state index in [4.69, 9.17) is 5.11 Å². The molecular formula is C14H15NO2. The fourth-order valence-corrected chi connectivity index (χ4v) is 2.01. The average molecular weight is 229 g/mol. The summed E-state index contributed by atoms with van der Waals surface area (Å²) in [7, 11) is 0. The van der Waals surface area contributed by atoms with Gasteiger partial charge in [0.05, 0.1) is 0 Å². The molecule has 0 saturated carbocycles. The van der Waals surface area contributed by atoms with Gasteiger partial charge in [0.1, 0.15) is 5.69 Å². The lowest BCUT2D eigenvalue weighted by atomic mass is 10.1. The monoisotopic (exact) mass is 229 g/mol. The Balaban J connectivity index is 2.17. The van der Waals surface area contributed by atoms with Crippen molar-refractivity contribution >= 4 is 5.97 Å². The third-order valence-electron chi connectivity index (χ3n) is 2.85. The first-order valence-corrected chi connectivity index (χ1v) is 5.62. The molecule has 0 saturated heterocycles. The summed E-state index contributed by atoms with van der Waals surface area (Å²) in [6.45, 7) is 2.03. The van der Waals surface area contributed by atoms with Crippen LogP contribution in [0.1, 0.15) is 29.0 Å². The summed E-state index contributed by atoms with van der Waals surface area (Å²) >= 11 is 0. The minimum atomic E-state index is -0.880. The van der Waals surface area contributed by atoms with Gasteiger partial charge < -0.3 is 9.67 Å². The molecule has 0 amide bonds. The van der Waals surface area contributed by atoms with Crippen LogP contribution in [0.25, 0.3) is 0 Å². The molecule has 2 aromatic rings. The summed E-state index contributed by atoms with van der Waals surface area (Å²) in [5.41, 5.74) is 1.55. The molecule has 0 spiro atoms. The number of hydrogen-bond donors (Lipinski definition) is 1. The molecule has 1 aromatic carbocycles. The van der Waals surface area contributed by atoms with E-state index in [1.165, 1.54) is 5.56 Å². The van der Waals surface area contributed by atoms with E-state index >= 15 is 0 Å². The van der Waals surface area contributed by atoms with Crippen molar-refractivity contribution < 1.29 is 9.90 Å². The van der Waals surface area contributed by atoms with Crippen molar-refractivity contribution in [2.75, 3.05) is 0 Å². The third kappa shape index (κ3) is 2.56. The maximum atomic E-state index is 11.0. The van der Waals surface area contributed by atoms with Gasteiger partial charge in [-0.05, 0) is 31.0 Å². The van der Waals surface area contributed by atoms with Crippen molar-refractivity contribution in [3.63, 3.8) is 0 Å². The van der Waals surface area contributed by atoms with Gasteiger partial charge in [-0.3, -0.25) is 0 Å².